The molecule has 2 rings (SSSR count). The predicted molar refractivity (Wildman–Crippen MR) is 87.9 cm³/mol. The van der Waals surface area contributed by atoms with Crippen molar-refractivity contribution in [3.63, 3.8) is 0 Å². The molecule has 0 aliphatic carbocycles. The van der Waals surface area contributed by atoms with Crippen LogP contribution in [-0.4, -0.2) is 17.0 Å². The quantitative estimate of drug-likeness (QED) is 0.368. The fraction of sp³-hybridized carbons (Fsp3) is 0. The summed E-state index contributed by atoms with van der Waals surface area (Å²) < 4.78 is 20.2. The van der Waals surface area contributed by atoms with E-state index in [4.69, 9.17) is 9.84 Å². The van der Waals surface area contributed by atoms with Crippen LogP contribution in [0.2, 0.25) is 0 Å². The third-order valence-electron chi connectivity index (χ3n) is 2.59. The molecule has 4 nitrogen and oxygen atoms in total. The highest BCUT2D eigenvalue weighted by atomic mass is 79.9. The van der Waals surface area contributed by atoms with Crippen LogP contribution in [0.15, 0.2) is 43.7 Å². The summed E-state index contributed by atoms with van der Waals surface area (Å²) in [5, 5.41) is 8.86. The number of hydrogen-bond acceptors (Lipinski definition) is 3. The molecule has 0 atom stereocenters. The molecule has 8 heteroatoms. The van der Waals surface area contributed by atoms with Crippen molar-refractivity contribution in [3.8, 4) is 5.75 Å². The molecule has 0 aliphatic rings. The highest BCUT2D eigenvalue weighted by Gasteiger charge is 2.18. The van der Waals surface area contributed by atoms with E-state index in [2.05, 4.69) is 47.8 Å². The van der Waals surface area contributed by atoms with Gasteiger partial charge in [-0.25, -0.2) is 14.0 Å². The molecule has 0 amide bonds. The second kappa shape index (κ2) is 6.89. The third kappa shape index (κ3) is 3.74. The van der Waals surface area contributed by atoms with Gasteiger partial charge in [0.2, 0.25) is 0 Å². The molecule has 2 aromatic rings. The van der Waals surface area contributed by atoms with Crippen molar-refractivity contribution in [1.29, 1.82) is 0 Å². The van der Waals surface area contributed by atoms with Gasteiger partial charge in [0.1, 0.15) is 11.6 Å². The van der Waals surface area contributed by atoms with Crippen molar-refractivity contribution in [2.75, 3.05) is 0 Å². The molecule has 114 valence electrons. The van der Waals surface area contributed by atoms with Gasteiger partial charge in [-0.15, -0.1) is 0 Å². The minimum Gasteiger partial charge on any atom is -0.478 e. The Morgan fingerprint density at radius 3 is 2.36 bits per heavy atom. The maximum Gasteiger partial charge on any atom is 0.344 e. The van der Waals surface area contributed by atoms with Gasteiger partial charge in [0, 0.05) is 13.4 Å². The van der Waals surface area contributed by atoms with E-state index in [1.807, 2.05) is 0 Å². The topological polar surface area (TPSA) is 63.6 Å². The van der Waals surface area contributed by atoms with Crippen molar-refractivity contribution >= 4 is 59.7 Å². The first-order valence-electron chi connectivity index (χ1n) is 5.69. The lowest BCUT2D eigenvalue weighted by Crippen LogP contribution is -2.11. The molecule has 0 radical (unpaired) electrons. The second-order valence-electron chi connectivity index (χ2n) is 4.09. The second-order valence-corrected chi connectivity index (χ2v) is 6.65. The molecular formula is C14H6Br3FO4. The van der Waals surface area contributed by atoms with Gasteiger partial charge in [-0.3, -0.25) is 0 Å². The highest BCUT2D eigenvalue weighted by Crippen LogP contribution is 2.31. The summed E-state index contributed by atoms with van der Waals surface area (Å²) in [6, 6.07) is 6.34. The molecule has 0 bridgehead atoms. The first-order chi connectivity index (χ1) is 10.3. The van der Waals surface area contributed by atoms with Crippen molar-refractivity contribution in [3.05, 3.63) is 60.7 Å². The third-order valence-corrected chi connectivity index (χ3v) is 5.06. The Morgan fingerprint density at radius 2 is 1.73 bits per heavy atom. The summed E-state index contributed by atoms with van der Waals surface area (Å²) in [5.74, 6) is -3.12. The Balaban J connectivity index is 2.34. The molecule has 0 saturated carbocycles. The number of benzene rings is 2. The monoisotopic (exact) mass is 494 g/mol. The van der Waals surface area contributed by atoms with Crippen LogP contribution in [0, 0.1) is 5.82 Å². The molecular weight excluding hydrogens is 491 g/mol. The van der Waals surface area contributed by atoms with Gasteiger partial charge in [-0.1, -0.05) is 15.9 Å². The van der Waals surface area contributed by atoms with Crippen molar-refractivity contribution < 1.29 is 23.8 Å². The number of esters is 1. The molecule has 1 N–H and O–H groups in total. The minimum absolute atomic E-state index is 0.0632. The Bertz CT molecular complexity index is 777. The smallest absolute Gasteiger partial charge is 0.344 e. The van der Waals surface area contributed by atoms with Gasteiger partial charge in [0.15, 0.2) is 0 Å². The van der Waals surface area contributed by atoms with Gasteiger partial charge < -0.3 is 9.84 Å². The van der Waals surface area contributed by atoms with Crippen LogP contribution in [0.4, 0.5) is 4.39 Å². The van der Waals surface area contributed by atoms with Crippen molar-refractivity contribution in [2.24, 2.45) is 0 Å². The van der Waals surface area contributed by atoms with E-state index < -0.39 is 23.3 Å². The minimum atomic E-state index is -1.44. The largest absolute Gasteiger partial charge is 0.478 e. The van der Waals surface area contributed by atoms with Crippen molar-refractivity contribution in [1.82, 2.24) is 0 Å². The summed E-state index contributed by atoms with van der Waals surface area (Å²) in [5.41, 5.74) is -0.345. The first-order valence-corrected chi connectivity index (χ1v) is 8.07. The zero-order chi connectivity index (χ0) is 16.4. The number of hydrogen-bond donors (Lipinski definition) is 1. The standard InChI is InChI=1S/C14H6Br3FO4/c15-6-3-9(12(17)10(16)4-6)14(21)22-7-1-2-11(18)8(5-7)13(19)20/h1-5H,(H,19,20). The summed E-state index contributed by atoms with van der Waals surface area (Å²) >= 11 is 9.79. The van der Waals surface area contributed by atoms with Gasteiger partial charge in [-0.2, -0.15) is 0 Å². The van der Waals surface area contributed by atoms with Crippen molar-refractivity contribution in [2.45, 2.75) is 0 Å². The van der Waals surface area contributed by atoms with Crippen LogP contribution in [0.25, 0.3) is 0 Å². The molecule has 0 heterocycles. The average molecular weight is 497 g/mol. The molecule has 22 heavy (non-hydrogen) atoms. The lowest BCUT2D eigenvalue weighted by atomic mass is 10.2. The molecule has 0 spiro atoms. The number of carboxylic acids is 1. The Morgan fingerprint density at radius 1 is 1.05 bits per heavy atom. The van der Waals surface area contributed by atoms with E-state index in [-0.39, 0.29) is 11.3 Å². The van der Waals surface area contributed by atoms with Crippen LogP contribution < -0.4 is 4.74 Å². The molecule has 0 unspecified atom stereocenters. The van der Waals surface area contributed by atoms with Crippen LogP contribution in [0.1, 0.15) is 20.7 Å². The number of carboxylic acid groups (broad SMARTS) is 1. The van der Waals surface area contributed by atoms with E-state index in [0.29, 0.717) is 13.4 Å². The van der Waals surface area contributed by atoms with Crippen LogP contribution in [0.3, 0.4) is 0 Å². The number of rotatable bonds is 3. The van der Waals surface area contributed by atoms with Gasteiger partial charge in [-0.05, 0) is 62.2 Å². The first kappa shape index (κ1) is 17.1. The maximum absolute atomic E-state index is 13.3. The summed E-state index contributed by atoms with van der Waals surface area (Å²) in [6.45, 7) is 0. The lowest BCUT2D eigenvalue weighted by molar-refractivity contribution is 0.0682. The number of carbonyl (C=O) groups is 2. The van der Waals surface area contributed by atoms with Gasteiger partial charge in [0.25, 0.3) is 0 Å². The van der Waals surface area contributed by atoms with E-state index in [1.165, 1.54) is 6.07 Å². The van der Waals surface area contributed by atoms with Crippen LogP contribution >= 0.6 is 47.8 Å². The SMILES string of the molecule is O=C(O)c1cc(OC(=O)c2cc(Br)cc(Br)c2Br)ccc1F. The van der Waals surface area contributed by atoms with E-state index in [9.17, 15) is 14.0 Å². The summed E-state index contributed by atoms with van der Waals surface area (Å²) in [6.07, 6.45) is 0. The number of carbonyl (C=O) groups excluding carboxylic acids is 1. The number of halogens is 4. The fourth-order valence-electron chi connectivity index (χ4n) is 1.60. The Kier molecular flexibility index (Phi) is 5.36. The Labute approximate surface area is 149 Å². The highest BCUT2D eigenvalue weighted by molar-refractivity contribution is 9.13. The molecule has 0 aliphatic heterocycles. The maximum atomic E-state index is 13.3. The van der Waals surface area contributed by atoms with E-state index in [0.717, 1.165) is 12.1 Å². The predicted octanol–water partition coefficient (Wildman–Crippen LogP) is 5.03. The molecule has 0 fully saturated rings. The molecule has 0 saturated heterocycles. The van der Waals surface area contributed by atoms with Gasteiger partial charge in [0.05, 0.1) is 11.1 Å². The number of ether oxygens (including phenoxy) is 1. The average Bonchev–Trinajstić information content (AvgIpc) is 2.44. The zero-order valence-electron chi connectivity index (χ0n) is 10.6. The van der Waals surface area contributed by atoms with Crippen LogP contribution in [-0.2, 0) is 0 Å². The molecule has 2 aromatic carbocycles. The van der Waals surface area contributed by atoms with Gasteiger partial charge >= 0.3 is 11.9 Å². The zero-order valence-corrected chi connectivity index (χ0v) is 15.3. The van der Waals surface area contributed by atoms with E-state index >= 15 is 0 Å². The Hall–Kier alpha value is -1.25. The number of aromatic carboxylic acids is 1. The fourth-order valence-corrected chi connectivity index (χ4v) is 3.21. The summed E-state index contributed by atoms with van der Waals surface area (Å²) in [7, 11) is 0. The lowest BCUT2D eigenvalue weighted by Gasteiger charge is -2.09. The summed E-state index contributed by atoms with van der Waals surface area (Å²) in [4.78, 5) is 23.0. The van der Waals surface area contributed by atoms with Crippen LogP contribution in [0.5, 0.6) is 5.75 Å². The van der Waals surface area contributed by atoms with E-state index in [1.54, 1.807) is 12.1 Å². The molecule has 0 aromatic heterocycles. The normalized spacial score (nSPS) is 10.4.